The molecule has 1 aliphatic rings. The third kappa shape index (κ3) is 4.40. The molecule has 0 saturated heterocycles. The van der Waals surface area contributed by atoms with Crippen molar-refractivity contribution in [2.24, 2.45) is 7.05 Å². The van der Waals surface area contributed by atoms with E-state index in [0.29, 0.717) is 47.3 Å². The number of sulfonamides is 1. The first-order valence-electron chi connectivity index (χ1n) is 13.0. The van der Waals surface area contributed by atoms with Crippen molar-refractivity contribution < 1.29 is 13.3 Å². The minimum Gasteiger partial charge on any atom is -0.274 e. The van der Waals surface area contributed by atoms with E-state index in [2.05, 4.69) is 16.3 Å². The molecule has 0 amide bonds. The number of aromatic nitrogens is 4. The van der Waals surface area contributed by atoms with E-state index in [1.165, 1.54) is 28.6 Å². The first-order chi connectivity index (χ1) is 19.7. The van der Waals surface area contributed by atoms with Crippen LogP contribution in [0.5, 0.6) is 0 Å². The molecule has 0 N–H and O–H groups in total. The molecule has 12 heteroatoms. The summed E-state index contributed by atoms with van der Waals surface area (Å²) in [7, 11) is -2.66. The van der Waals surface area contributed by atoms with Crippen LogP contribution in [-0.4, -0.2) is 32.9 Å². The van der Waals surface area contributed by atoms with Crippen LogP contribution in [-0.2, 0) is 23.5 Å². The van der Waals surface area contributed by atoms with E-state index in [-0.39, 0.29) is 4.90 Å². The van der Waals surface area contributed by atoms with Gasteiger partial charge in [0.25, 0.3) is 15.7 Å². The highest BCUT2D eigenvalue weighted by Crippen LogP contribution is 2.44. The maximum Gasteiger partial charge on any atom is 0.289 e. The number of para-hydroxylation sites is 1. The minimum atomic E-state index is -4.45. The lowest BCUT2D eigenvalue weighted by Gasteiger charge is -2.37. The predicted molar refractivity (Wildman–Crippen MR) is 152 cm³/mol. The summed E-state index contributed by atoms with van der Waals surface area (Å²) >= 11 is 0. The van der Waals surface area contributed by atoms with Gasteiger partial charge in [0.2, 0.25) is 0 Å². The number of hydrogen-bond acceptors (Lipinski definition) is 7. The van der Waals surface area contributed by atoms with Gasteiger partial charge in [-0.15, -0.1) is 0 Å². The Morgan fingerprint density at radius 1 is 1.12 bits per heavy atom. The Labute approximate surface area is 236 Å². The van der Waals surface area contributed by atoms with E-state index >= 15 is 0 Å². The Morgan fingerprint density at radius 2 is 1.93 bits per heavy atom. The number of aryl methyl sites for hydroxylation is 3. The van der Waals surface area contributed by atoms with Gasteiger partial charge in [0.05, 0.1) is 52.4 Å². The summed E-state index contributed by atoms with van der Waals surface area (Å²) < 4.78 is 33.9. The second kappa shape index (κ2) is 9.87. The molecule has 206 valence electrons. The first kappa shape index (κ1) is 26.2. The summed E-state index contributed by atoms with van der Waals surface area (Å²) in [6.45, 7) is 1.82. The zero-order valence-corrected chi connectivity index (χ0v) is 23.1. The van der Waals surface area contributed by atoms with Crippen LogP contribution in [0.3, 0.4) is 0 Å². The summed E-state index contributed by atoms with van der Waals surface area (Å²) in [5.41, 5.74) is 4.10. The van der Waals surface area contributed by atoms with Gasteiger partial charge in [-0.1, -0.05) is 18.2 Å². The average molecular weight is 568 g/mol. The van der Waals surface area contributed by atoms with Crippen molar-refractivity contribution >= 4 is 32.3 Å². The van der Waals surface area contributed by atoms with Crippen LogP contribution in [0.25, 0.3) is 16.6 Å². The third-order valence-corrected chi connectivity index (χ3v) is 9.37. The largest absolute Gasteiger partial charge is 0.289 e. The van der Waals surface area contributed by atoms with Gasteiger partial charge in [-0.3, -0.25) is 19.1 Å². The first-order valence-corrected chi connectivity index (χ1v) is 14.4. The molecule has 0 saturated carbocycles. The topological polar surface area (TPSA) is 140 Å². The molecule has 2 heterocycles. The Hall–Kier alpha value is -5.02. The number of nitriles is 1. The van der Waals surface area contributed by atoms with Crippen LogP contribution in [0.1, 0.15) is 41.1 Å². The predicted octanol–water partition coefficient (Wildman–Crippen LogP) is 5.12. The lowest BCUT2D eigenvalue weighted by Crippen LogP contribution is -2.37. The van der Waals surface area contributed by atoms with Gasteiger partial charge >= 0.3 is 0 Å². The zero-order valence-electron chi connectivity index (χ0n) is 22.3. The smallest absolute Gasteiger partial charge is 0.274 e. The highest BCUT2D eigenvalue weighted by atomic mass is 32.2. The fourth-order valence-corrected chi connectivity index (χ4v) is 7.52. The van der Waals surface area contributed by atoms with Crippen LogP contribution in [0.2, 0.25) is 0 Å². The number of benzene rings is 3. The van der Waals surface area contributed by atoms with Crippen LogP contribution >= 0.6 is 0 Å². The Morgan fingerprint density at radius 3 is 2.66 bits per heavy atom. The summed E-state index contributed by atoms with van der Waals surface area (Å²) in [5.74, 6) is 0. The SMILES string of the molecule is Cc1cc2cnn(-c3cnn(C)c3)c2cc1N(C1CCCc2cc(C#N)ccc21)S(=O)(=O)c1ccccc1[N+](=O)[O-]. The van der Waals surface area contributed by atoms with E-state index in [0.717, 1.165) is 16.5 Å². The molecule has 0 spiro atoms. The van der Waals surface area contributed by atoms with E-state index in [9.17, 15) is 23.8 Å². The molecule has 6 rings (SSSR count). The number of nitro groups is 1. The van der Waals surface area contributed by atoms with Crippen LogP contribution in [0, 0.1) is 28.4 Å². The van der Waals surface area contributed by atoms with Crippen molar-refractivity contribution in [3.8, 4) is 11.8 Å². The van der Waals surface area contributed by atoms with Gasteiger partial charge in [-0.25, -0.2) is 13.1 Å². The molecule has 41 heavy (non-hydrogen) atoms. The highest BCUT2D eigenvalue weighted by Gasteiger charge is 2.39. The maximum atomic E-state index is 14.6. The molecule has 1 aliphatic carbocycles. The van der Waals surface area contributed by atoms with E-state index in [1.807, 2.05) is 13.0 Å². The van der Waals surface area contributed by atoms with Gasteiger partial charge in [0.1, 0.15) is 5.69 Å². The minimum absolute atomic E-state index is 0.383. The van der Waals surface area contributed by atoms with Crippen molar-refractivity contribution in [3.05, 3.63) is 106 Å². The van der Waals surface area contributed by atoms with E-state index in [4.69, 9.17) is 0 Å². The number of anilines is 1. The lowest BCUT2D eigenvalue weighted by atomic mass is 9.86. The van der Waals surface area contributed by atoms with Crippen molar-refractivity contribution in [1.29, 1.82) is 5.26 Å². The molecule has 11 nitrogen and oxygen atoms in total. The van der Waals surface area contributed by atoms with E-state index in [1.54, 1.807) is 59.3 Å². The number of nitrogens with zero attached hydrogens (tertiary/aromatic N) is 7. The Bertz CT molecular complexity index is 1990. The maximum absolute atomic E-state index is 14.6. The molecule has 5 aromatic rings. The second-order valence-corrected chi connectivity index (χ2v) is 11.9. The number of hydrogen-bond donors (Lipinski definition) is 0. The van der Waals surface area contributed by atoms with Crippen LogP contribution in [0.4, 0.5) is 11.4 Å². The Balaban J connectivity index is 1.62. The number of nitro benzene ring substituents is 1. The van der Waals surface area contributed by atoms with E-state index < -0.39 is 26.7 Å². The summed E-state index contributed by atoms with van der Waals surface area (Å²) in [4.78, 5) is 10.9. The molecule has 1 unspecified atom stereocenters. The van der Waals surface area contributed by atoms with Crippen LogP contribution < -0.4 is 4.31 Å². The average Bonchev–Trinajstić information content (AvgIpc) is 3.58. The van der Waals surface area contributed by atoms with Crippen molar-refractivity contribution in [1.82, 2.24) is 19.6 Å². The molecular formula is C29H25N7O4S. The molecule has 0 radical (unpaired) electrons. The van der Waals surface area contributed by atoms with Crippen molar-refractivity contribution in [3.63, 3.8) is 0 Å². The summed E-state index contributed by atoms with van der Waals surface area (Å²) in [6, 6.07) is 15.8. The quantitative estimate of drug-likeness (QED) is 0.205. The Kier molecular flexibility index (Phi) is 6.31. The van der Waals surface area contributed by atoms with Crippen molar-refractivity contribution in [2.75, 3.05) is 4.31 Å². The fourth-order valence-electron chi connectivity index (χ4n) is 5.64. The molecular weight excluding hydrogens is 542 g/mol. The number of rotatable bonds is 6. The standard InChI is InChI=1S/C29H25N7O4S/c1-19-12-22-16-32-34(23-17-31-33(2)18-23)28(22)14-27(19)35(41(39,40)29-9-4-3-7-26(29)36(37)38)25-8-5-6-21-13-20(15-30)10-11-24(21)25/h3-4,7,9-14,16-18,25H,5-6,8H2,1-2H3. The molecule has 0 aliphatic heterocycles. The summed E-state index contributed by atoms with van der Waals surface area (Å²) in [6.07, 6.45) is 7.06. The zero-order chi connectivity index (χ0) is 28.9. The van der Waals surface area contributed by atoms with Gasteiger partial charge in [-0.05, 0) is 73.2 Å². The monoisotopic (exact) mass is 567 g/mol. The van der Waals surface area contributed by atoms with Crippen LogP contribution in [0.15, 0.2) is 78.1 Å². The van der Waals surface area contributed by atoms with Crippen molar-refractivity contribution in [2.45, 2.75) is 37.1 Å². The van der Waals surface area contributed by atoms with Gasteiger partial charge in [0, 0.05) is 18.5 Å². The number of fused-ring (bicyclic) bond motifs is 2. The van der Waals surface area contributed by atoms with Gasteiger partial charge in [-0.2, -0.15) is 15.5 Å². The lowest BCUT2D eigenvalue weighted by molar-refractivity contribution is -0.387. The van der Waals surface area contributed by atoms with Gasteiger partial charge < -0.3 is 0 Å². The molecule has 1 atom stereocenters. The normalized spacial score (nSPS) is 14.9. The summed E-state index contributed by atoms with van der Waals surface area (Å²) in [5, 5.41) is 31.0. The molecule has 3 aromatic carbocycles. The molecule has 0 bridgehead atoms. The van der Waals surface area contributed by atoms with Gasteiger partial charge in [0.15, 0.2) is 4.90 Å². The fraction of sp³-hybridized carbons (Fsp3) is 0.207. The molecule has 2 aromatic heterocycles. The third-order valence-electron chi connectivity index (χ3n) is 7.50. The highest BCUT2D eigenvalue weighted by molar-refractivity contribution is 7.93. The molecule has 0 fully saturated rings. The second-order valence-electron chi connectivity index (χ2n) is 10.1.